The third kappa shape index (κ3) is 38.9. The Balaban J connectivity index is 2.25. The summed E-state index contributed by atoms with van der Waals surface area (Å²) in [5.74, 6) is -0.169. The molecule has 0 aromatic carbocycles. The van der Waals surface area contributed by atoms with Crippen molar-refractivity contribution in [1.82, 2.24) is 5.32 Å². The van der Waals surface area contributed by atoms with E-state index in [1.54, 1.807) is 0 Å². The summed E-state index contributed by atoms with van der Waals surface area (Å²) in [6.07, 6.45) is 60.6. The molecule has 0 aliphatic carbocycles. The zero-order valence-corrected chi connectivity index (χ0v) is 44.3. The molecule has 1 fully saturated rings. The van der Waals surface area contributed by atoms with Crippen molar-refractivity contribution in [3.8, 4) is 0 Å². The highest BCUT2D eigenvalue weighted by molar-refractivity contribution is 5.76. The average molecular weight is 971 g/mol. The molecule has 1 aliphatic rings. The van der Waals surface area contributed by atoms with Gasteiger partial charge in [-0.05, 0) is 64.2 Å². The maximum absolute atomic E-state index is 13.1. The predicted octanol–water partition coefficient (Wildman–Crippen LogP) is 14.1. The fourth-order valence-electron chi connectivity index (χ4n) is 8.81. The molecule has 1 aliphatic heterocycles. The minimum Gasteiger partial charge on any atom is -0.394 e. The highest BCUT2D eigenvalue weighted by atomic mass is 16.7. The molecule has 1 heterocycles. The minimum atomic E-state index is -1.56. The molecule has 0 radical (unpaired) electrons. The van der Waals surface area contributed by atoms with Gasteiger partial charge in [-0.3, -0.25) is 4.79 Å². The average Bonchev–Trinajstić information content (AvgIpc) is 3.35. The van der Waals surface area contributed by atoms with E-state index in [-0.39, 0.29) is 12.5 Å². The van der Waals surface area contributed by atoms with Gasteiger partial charge < -0.3 is 40.3 Å². The Labute approximate surface area is 423 Å². The van der Waals surface area contributed by atoms with Crippen LogP contribution in [0.5, 0.6) is 0 Å². The van der Waals surface area contributed by atoms with Crippen LogP contribution in [0.25, 0.3) is 0 Å². The lowest BCUT2D eigenvalue weighted by Crippen LogP contribution is -2.60. The molecular weight excluding hydrogens is 863 g/mol. The van der Waals surface area contributed by atoms with Crippen LogP contribution < -0.4 is 5.32 Å². The molecule has 0 bridgehead atoms. The van der Waals surface area contributed by atoms with Crippen LogP contribution in [0.4, 0.5) is 0 Å². The van der Waals surface area contributed by atoms with E-state index in [1.807, 2.05) is 0 Å². The molecular formula is C60H107NO8. The summed E-state index contributed by atoms with van der Waals surface area (Å²) < 4.78 is 11.3. The van der Waals surface area contributed by atoms with Crippen LogP contribution in [0.2, 0.25) is 0 Å². The number of carbonyl (C=O) groups excluding carboxylic acids is 1. The zero-order chi connectivity index (χ0) is 50.1. The lowest BCUT2D eigenvalue weighted by atomic mass is 9.99. The van der Waals surface area contributed by atoms with E-state index in [4.69, 9.17) is 9.47 Å². The second-order valence-electron chi connectivity index (χ2n) is 19.7. The summed E-state index contributed by atoms with van der Waals surface area (Å²) in [6, 6.07) is -0.738. The Hall–Kier alpha value is -2.37. The van der Waals surface area contributed by atoms with E-state index < -0.39 is 49.5 Å². The number of hydrogen-bond donors (Lipinski definition) is 6. The van der Waals surface area contributed by atoms with Crippen molar-refractivity contribution in [2.45, 2.75) is 288 Å². The van der Waals surface area contributed by atoms with Gasteiger partial charge in [-0.1, -0.05) is 247 Å². The van der Waals surface area contributed by atoms with Crippen LogP contribution in [0, 0.1) is 0 Å². The van der Waals surface area contributed by atoms with Crippen LogP contribution in [-0.2, 0) is 14.3 Å². The molecule has 9 heteroatoms. The van der Waals surface area contributed by atoms with Crippen LogP contribution in [0.15, 0.2) is 72.9 Å². The highest BCUT2D eigenvalue weighted by Gasteiger charge is 2.44. The highest BCUT2D eigenvalue weighted by Crippen LogP contribution is 2.23. The molecule has 7 unspecified atom stereocenters. The van der Waals surface area contributed by atoms with Crippen molar-refractivity contribution in [3.63, 3.8) is 0 Å². The van der Waals surface area contributed by atoms with E-state index in [0.29, 0.717) is 12.8 Å². The minimum absolute atomic E-state index is 0.152. The lowest BCUT2D eigenvalue weighted by Gasteiger charge is -2.40. The van der Waals surface area contributed by atoms with Gasteiger partial charge in [-0.25, -0.2) is 0 Å². The second-order valence-corrected chi connectivity index (χ2v) is 19.7. The van der Waals surface area contributed by atoms with E-state index in [2.05, 4.69) is 92.1 Å². The molecule has 1 rings (SSSR count). The SMILES string of the molecule is CC/C=C\C/C=C\C/C=C\C/C=C\C/C=C\C/C=C\CCCCCCC(=O)NC(COC1OC(CO)C(O)C(O)C1O)C(O)CCCCCCCCCCCCCCCCCCCCCCCCC. The van der Waals surface area contributed by atoms with E-state index in [0.717, 1.165) is 89.9 Å². The molecule has 400 valence electrons. The van der Waals surface area contributed by atoms with Crippen LogP contribution in [-0.4, -0.2) is 87.5 Å². The normalized spacial score (nSPS) is 20.0. The van der Waals surface area contributed by atoms with Crippen LogP contribution in [0.3, 0.4) is 0 Å². The zero-order valence-electron chi connectivity index (χ0n) is 44.3. The van der Waals surface area contributed by atoms with E-state index >= 15 is 0 Å². The van der Waals surface area contributed by atoms with E-state index in [1.165, 1.54) is 128 Å². The monoisotopic (exact) mass is 970 g/mol. The Bertz CT molecular complexity index is 1310. The second kappa shape index (κ2) is 49.2. The van der Waals surface area contributed by atoms with Crippen molar-refractivity contribution in [3.05, 3.63) is 72.9 Å². The summed E-state index contributed by atoms with van der Waals surface area (Å²) >= 11 is 0. The number of rotatable bonds is 48. The number of hydrogen-bond acceptors (Lipinski definition) is 8. The van der Waals surface area contributed by atoms with Crippen molar-refractivity contribution in [1.29, 1.82) is 0 Å². The molecule has 0 saturated carbocycles. The smallest absolute Gasteiger partial charge is 0.220 e. The van der Waals surface area contributed by atoms with Gasteiger partial charge in [0, 0.05) is 6.42 Å². The molecule has 6 N–H and O–H groups in total. The van der Waals surface area contributed by atoms with Gasteiger partial charge in [0.1, 0.15) is 24.4 Å². The van der Waals surface area contributed by atoms with Gasteiger partial charge in [0.15, 0.2) is 6.29 Å². The van der Waals surface area contributed by atoms with Crippen molar-refractivity contribution in [2.75, 3.05) is 13.2 Å². The summed E-state index contributed by atoms with van der Waals surface area (Å²) in [4.78, 5) is 13.1. The predicted molar refractivity (Wildman–Crippen MR) is 290 cm³/mol. The molecule has 1 saturated heterocycles. The Morgan fingerprint density at radius 3 is 1.33 bits per heavy atom. The number of aliphatic hydroxyl groups is 5. The summed E-state index contributed by atoms with van der Waals surface area (Å²) in [5.41, 5.74) is 0. The first-order valence-corrected chi connectivity index (χ1v) is 28.6. The van der Waals surface area contributed by atoms with Gasteiger partial charge in [0.25, 0.3) is 0 Å². The quantitative estimate of drug-likeness (QED) is 0.0261. The fraction of sp³-hybridized carbons (Fsp3) is 0.783. The molecule has 0 aromatic heterocycles. The molecule has 69 heavy (non-hydrogen) atoms. The first-order valence-electron chi connectivity index (χ1n) is 28.6. The third-order valence-electron chi connectivity index (χ3n) is 13.3. The van der Waals surface area contributed by atoms with Gasteiger partial charge in [0.2, 0.25) is 5.91 Å². The molecule has 9 nitrogen and oxygen atoms in total. The van der Waals surface area contributed by atoms with Gasteiger partial charge in [0.05, 0.1) is 25.4 Å². The summed E-state index contributed by atoms with van der Waals surface area (Å²) in [7, 11) is 0. The summed E-state index contributed by atoms with van der Waals surface area (Å²) in [6.45, 7) is 3.72. The van der Waals surface area contributed by atoms with E-state index in [9.17, 15) is 30.3 Å². The first-order chi connectivity index (χ1) is 33.8. The number of unbranched alkanes of at least 4 members (excludes halogenated alkanes) is 26. The number of amides is 1. The van der Waals surface area contributed by atoms with Crippen LogP contribution in [0.1, 0.15) is 245 Å². The van der Waals surface area contributed by atoms with Crippen molar-refractivity contribution in [2.24, 2.45) is 0 Å². The summed E-state index contributed by atoms with van der Waals surface area (Å²) in [5, 5.41) is 54.7. The van der Waals surface area contributed by atoms with Crippen molar-refractivity contribution < 1.29 is 39.8 Å². The molecule has 0 spiro atoms. The fourth-order valence-corrected chi connectivity index (χ4v) is 8.81. The number of ether oxygens (including phenoxy) is 2. The van der Waals surface area contributed by atoms with Gasteiger partial charge >= 0.3 is 0 Å². The molecule has 7 atom stereocenters. The molecule has 0 aromatic rings. The maximum Gasteiger partial charge on any atom is 0.220 e. The van der Waals surface area contributed by atoms with Gasteiger partial charge in [-0.2, -0.15) is 0 Å². The lowest BCUT2D eigenvalue weighted by molar-refractivity contribution is -0.302. The third-order valence-corrected chi connectivity index (χ3v) is 13.3. The Kier molecular flexibility index (Phi) is 46.1. The first kappa shape index (κ1) is 64.6. The number of nitrogens with one attached hydrogen (secondary N) is 1. The Morgan fingerprint density at radius 2 is 0.899 bits per heavy atom. The number of allylic oxidation sites excluding steroid dienone is 12. The topological polar surface area (TPSA) is 149 Å². The number of aliphatic hydroxyl groups excluding tert-OH is 5. The van der Waals surface area contributed by atoms with Crippen molar-refractivity contribution >= 4 is 5.91 Å². The van der Waals surface area contributed by atoms with Crippen LogP contribution >= 0.6 is 0 Å². The van der Waals surface area contributed by atoms with Gasteiger partial charge in [-0.15, -0.1) is 0 Å². The number of carbonyl (C=O) groups is 1. The largest absolute Gasteiger partial charge is 0.394 e. The maximum atomic E-state index is 13.1. The Morgan fingerprint density at radius 1 is 0.507 bits per heavy atom. The standard InChI is InChI=1S/C60H107NO8/c1-3-5-7-9-11-13-15-17-19-21-23-25-27-29-31-33-35-37-39-41-43-45-47-49-54(63)53(52-68-60-59(67)58(66)57(65)55(51-62)69-60)61-56(64)50-48-46-44-42-40-38-36-34-32-30-28-26-24-22-20-18-16-14-12-10-8-6-4-2/h6,8,12,14,18,20,24,26,30,32,36,38,53-55,57-60,62-63,65-67H,3-5,7,9-11,13,15-17,19,21-23,25,27-29,31,33-35,37,39-52H2,1-2H3,(H,61,64)/b8-6-,14-12-,20-18-,26-24-,32-30-,38-36-. The molecule has 1 amide bonds.